The summed E-state index contributed by atoms with van der Waals surface area (Å²) in [6, 6.07) is 9.90. The van der Waals surface area contributed by atoms with Crippen LogP contribution in [0, 0.1) is 0 Å². The SMILES string of the molecule is CN=C(NCc1cc(OC)ccc1O)NC1CCN(c2cccs2)CC1.I. The van der Waals surface area contributed by atoms with Crippen molar-refractivity contribution in [1.82, 2.24) is 10.6 Å². The Bertz CT molecular complexity index is 731. The molecular weight excluding hydrogens is 475 g/mol. The smallest absolute Gasteiger partial charge is 0.191 e. The molecule has 0 bridgehead atoms. The topological polar surface area (TPSA) is 69.1 Å². The molecule has 2 aromatic rings. The molecule has 148 valence electrons. The van der Waals surface area contributed by atoms with Gasteiger partial charge in [-0.15, -0.1) is 35.3 Å². The van der Waals surface area contributed by atoms with Crippen molar-refractivity contribution >= 4 is 46.3 Å². The number of anilines is 1. The van der Waals surface area contributed by atoms with Crippen LogP contribution in [0.3, 0.4) is 0 Å². The lowest BCUT2D eigenvalue weighted by atomic mass is 10.1. The summed E-state index contributed by atoms with van der Waals surface area (Å²) in [5.41, 5.74) is 0.778. The van der Waals surface area contributed by atoms with E-state index in [-0.39, 0.29) is 29.7 Å². The number of aliphatic imine (C=N–C) groups is 1. The molecular formula is C19H27IN4O2S. The van der Waals surface area contributed by atoms with E-state index in [1.807, 2.05) is 6.07 Å². The zero-order valence-electron chi connectivity index (χ0n) is 15.6. The number of guanidine groups is 1. The summed E-state index contributed by atoms with van der Waals surface area (Å²) in [7, 11) is 3.38. The quantitative estimate of drug-likeness (QED) is 0.332. The molecule has 0 spiro atoms. The van der Waals surface area contributed by atoms with Gasteiger partial charge in [0.2, 0.25) is 0 Å². The molecule has 1 aromatic heterocycles. The maximum Gasteiger partial charge on any atom is 0.191 e. The lowest BCUT2D eigenvalue weighted by molar-refractivity contribution is 0.410. The number of thiophene rings is 1. The normalized spacial score (nSPS) is 15.2. The van der Waals surface area contributed by atoms with Crippen molar-refractivity contribution in [2.24, 2.45) is 4.99 Å². The summed E-state index contributed by atoms with van der Waals surface area (Å²) >= 11 is 1.79. The van der Waals surface area contributed by atoms with Crippen LogP contribution in [0.2, 0.25) is 0 Å². The molecule has 0 unspecified atom stereocenters. The Labute approximate surface area is 181 Å². The maximum atomic E-state index is 10.00. The van der Waals surface area contributed by atoms with Gasteiger partial charge in [-0.3, -0.25) is 4.99 Å². The number of rotatable bonds is 5. The summed E-state index contributed by atoms with van der Waals surface area (Å²) in [6.45, 7) is 2.58. The van der Waals surface area contributed by atoms with Crippen LogP contribution >= 0.6 is 35.3 Å². The molecule has 8 heteroatoms. The molecule has 3 rings (SSSR count). The van der Waals surface area contributed by atoms with E-state index in [1.165, 1.54) is 5.00 Å². The van der Waals surface area contributed by atoms with Crippen LogP contribution in [-0.2, 0) is 6.54 Å². The summed E-state index contributed by atoms with van der Waals surface area (Å²) in [5.74, 6) is 1.73. The van der Waals surface area contributed by atoms with Crippen LogP contribution in [0.5, 0.6) is 11.5 Å². The van der Waals surface area contributed by atoms with Gasteiger partial charge in [0, 0.05) is 38.3 Å². The van der Waals surface area contributed by atoms with Crippen molar-refractivity contribution < 1.29 is 9.84 Å². The Morgan fingerprint density at radius 2 is 2.11 bits per heavy atom. The molecule has 0 aliphatic carbocycles. The summed E-state index contributed by atoms with van der Waals surface area (Å²) in [4.78, 5) is 6.75. The van der Waals surface area contributed by atoms with E-state index in [0.29, 0.717) is 12.6 Å². The third kappa shape index (κ3) is 5.90. The minimum Gasteiger partial charge on any atom is -0.508 e. The summed E-state index contributed by atoms with van der Waals surface area (Å²) in [6.07, 6.45) is 2.14. The average Bonchev–Trinajstić information content (AvgIpc) is 3.21. The van der Waals surface area contributed by atoms with Gasteiger partial charge in [-0.2, -0.15) is 0 Å². The molecule has 0 atom stereocenters. The van der Waals surface area contributed by atoms with Gasteiger partial charge in [-0.1, -0.05) is 0 Å². The minimum atomic E-state index is 0. The van der Waals surface area contributed by atoms with Gasteiger partial charge < -0.3 is 25.4 Å². The standard InChI is InChI=1S/C19H26N4O2S.HI/c1-20-19(21-13-14-12-16(25-2)5-6-17(14)24)22-15-7-9-23(10-8-15)18-4-3-11-26-18;/h3-6,11-12,15,24H,7-10,13H2,1-2H3,(H2,20,21,22);1H. The summed E-state index contributed by atoms with van der Waals surface area (Å²) < 4.78 is 5.22. The van der Waals surface area contributed by atoms with Crippen molar-refractivity contribution in [2.45, 2.75) is 25.4 Å². The van der Waals surface area contributed by atoms with E-state index >= 15 is 0 Å². The molecule has 0 saturated carbocycles. The van der Waals surface area contributed by atoms with E-state index in [2.05, 4.69) is 38.0 Å². The van der Waals surface area contributed by atoms with Gasteiger partial charge in [-0.05, 0) is 48.6 Å². The van der Waals surface area contributed by atoms with Crippen LogP contribution < -0.4 is 20.3 Å². The number of benzene rings is 1. The van der Waals surface area contributed by atoms with E-state index in [0.717, 1.165) is 43.2 Å². The Morgan fingerprint density at radius 3 is 2.74 bits per heavy atom. The number of nitrogens with one attached hydrogen (secondary N) is 2. The molecule has 6 nitrogen and oxygen atoms in total. The van der Waals surface area contributed by atoms with Gasteiger partial charge >= 0.3 is 0 Å². The van der Waals surface area contributed by atoms with Crippen LogP contribution in [0.25, 0.3) is 0 Å². The Balaban J connectivity index is 0.00000261. The van der Waals surface area contributed by atoms with E-state index < -0.39 is 0 Å². The van der Waals surface area contributed by atoms with E-state index in [9.17, 15) is 5.11 Å². The second-order valence-electron chi connectivity index (χ2n) is 6.28. The van der Waals surface area contributed by atoms with Crippen molar-refractivity contribution in [3.8, 4) is 11.5 Å². The van der Waals surface area contributed by atoms with Gasteiger partial charge in [-0.25, -0.2) is 0 Å². The third-order valence-corrected chi connectivity index (χ3v) is 5.54. The second-order valence-corrected chi connectivity index (χ2v) is 7.20. The zero-order chi connectivity index (χ0) is 18.4. The molecule has 2 heterocycles. The fraction of sp³-hybridized carbons (Fsp3) is 0.421. The number of methoxy groups -OCH3 is 1. The maximum absolute atomic E-state index is 10.00. The molecule has 27 heavy (non-hydrogen) atoms. The zero-order valence-corrected chi connectivity index (χ0v) is 18.8. The second kappa shape index (κ2) is 10.6. The minimum absolute atomic E-state index is 0. The number of nitrogens with zero attached hydrogens (tertiary/aromatic N) is 2. The number of halogens is 1. The lowest BCUT2D eigenvalue weighted by Gasteiger charge is -2.33. The number of ether oxygens (including phenoxy) is 1. The molecule has 3 N–H and O–H groups in total. The van der Waals surface area contributed by atoms with Crippen LogP contribution in [0.1, 0.15) is 18.4 Å². The van der Waals surface area contributed by atoms with Crippen molar-refractivity contribution in [1.29, 1.82) is 0 Å². The van der Waals surface area contributed by atoms with Crippen molar-refractivity contribution in [3.05, 3.63) is 41.3 Å². The number of phenols is 1. The molecule has 1 aliphatic heterocycles. The van der Waals surface area contributed by atoms with Crippen LogP contribution in [-0.4, -0.2) is 44.4 Å². The van der Waals surface area contributed by atoms with Crippen LogP contribution in [0.15, 0.2) is 40.7 Å². The monoisotopic (exact) mass is 502 g/mol. The van der Waals surface area contributed by atoms with Crippen LogP contribution in [0.4, 0.5) is 5.00 Å². The van der Waals surface area contributed by atoms with Gasteiger partial charge in [0.15, 0.2) is 5.96 Å². The highest BCUT2D eigenvalue weighted by Gasteiger charge is 2.20. The van der Waals surface area contributed by atoms with Gasteiger partial charge in [0.25, 0.3) is 0 Å². The molecule has 1 aliphatic rings. The predicted molar refractivity (Wildman–Crippen MR) is 123 cm³/mol. The Morgan fingerprint density at radius 1 is 1.33 bits per heavy atom. The van der Waals surface area contributed by atoms with Gasteiger partial charge in [0.05, 0.1) is 12.1 Å². The van der Waals surface area contributed by atoms with E-state index in [4.69, 9.17) is 4.74 Å². The molecule has 0 amide bonds. The average molecular weight is 502 g/mol. The first-order valence-corrected chi connectivity index (χ1v) is 9.69. The molecule has 1 aromatic carbocycles. The Kier molecular flexibility index (Phi) is 8.49. The fourth-order valence-electron chi connectivity index (χ4n) is 3.09. The third-order valence-electron chi connectivity index (χ3n) is 4.61. The lowest BCUT2D eigenvalue weighted by Crippen LogP contribution is -2.48. The highest BCUT2D eigenvalue weighted by Crippen LogP contribution is 2.25. The number of piperidine rings is 1. The first-order valence-electron chi connectivity index (χ1n) is 8.81. The number of aromatic hydroxyl groups is 1. The van der Waals surface area contributed by atoms with Crippen molar-refractivity contribution in [2.75, 3.05) is 32.1 Å². The highest BCUT2D eigenvalue weighted by atomic mass is 127. The van der Waals surface area contributed by atoms with Gasteiger partial charge in [0.1, 0.15) is 11.5 Å². The number of hydrogen-bond donors (Lipinski definition) is 3. The first-order chi connectivity index (χ1) is 12.7. The first kappa shape index (κ1) is 21.6. The molecule has 1 saturated heterocycles. The molecule has 1 fully saturated rings. The molecule has 0 radical (unpaired) electrons. The summed E-state index contributed by atoms with van der Waals surface area (Å²) in [5, 5.41) is 20.2. The largest absolute Gasteiger partial charge is 0.508 e. The fourth-order valence-corrected chi connectivity index (χ4v) is 3.88. The Hall–Kier alpha value is -1.68. The van der Waals surface area contributed by atoms with Crippen molar-refractivity contribution in [3.63, 3.8) is 0 Å². The number of phenolic OH excluding ortho intramolecular Hbond substituents is 1. The van der Waals surface area contributed by atoms with E-state index in [1.54, 1.807) is 37.6 Å². The number of hydrogen-bond acceptors (Lipinski definition) is 5. The highest BCUT2D eigenvalue weighted by molar-refractivity contribution is 14.0. The predicted octanol–water partition coefficient (Wildman–Crippen LogP) is 3.41.